The summed E-state index contributed by atoms with van der Waals surface area (Å²) in [4.78, 5) is 13.2. The molecular formula is C22H20ClN5O. The molecular weight excluding hydrogens is 386 g/mol. The minimum atomic E-state index is 0.526. The summed E-state index contributed by atoms with van der Waals surface area (Å²) in [6, 6.07) is 15.5. The number of hydrogen-bond donors (Lipinski definition) is 1. The van der Waals surface area contributed by atoms with Gasteiger partial charge in [0.05, 0.1) is 30.5 Å². The van der Waals surface area contributed by atoms with Gasteiger partial charge in [-0.15, -0.1) is 0 Å². The maximum absolute atomic E-state index is 6.07. The Morgan fingerprint density at radius 1 is 1.10 bits per heavy atom. The molecule has 0 saturated carbocycles. The number of methoxy groups -OCH3 is 1. The van der Waals surface area contributed by atoms with Crippen molar-refractivity contribution in [1.29, 1.82) is 0 Å². The van der Waals surface area contributed by atoms with Crippen LogP contribution in [0.3, 0.4) is 0 Å². The van der Waals surface area contributed by atoms with Gasteiger partial charge in [0.2, 0.25) is 5.95 Å². The van der Waals surface area contributed by atoms with Crippen LogP contribution in [0.5, 0.6) is 5.75 Å². The zero-order valence-corrected chi connectivity index (χ0v) is 16.9. The summed E-state index contributed by atoms with van der Waals surface area (Å²) in [6.45, 7) is 1.95. The molecule has 0 aliphatic heterocycles. The molecule has 1 N–H and O–H groups in total. The molecule has 146 valence electrons. The zero-order chi connectivity index (χ0) is 20.2. The molecule has 29 heavy (non-hydrogen) atoms. The molecule has 2 aromatic heterocycles. The summed E-state index contributed by atoms with van der Waals surface area (Å²) >= 11 is 6.07. The van der Waals surface area contributed by atoms with Crippen molar-refractivity contribution >= 4 is 23.2 Å². The smallest absolute Gasteiger partial charge is 0.227 e. The Bertz CT molecular complexity index is 1140. The Morgan fingerprint density at radius 2 is 2.00 bits per heavy atom. The van der Waals surface area contributed by atoms with Gasteiger partial charge in [0.25, 0.3) is 0 Å². The fourth-order valence-electron chi connectivity index (χ4n) is 3.06. The summed E-state index contributed by atoms with van der Waals surface area (Å²) in [7, 11) is 1.65. The fourth-order valence-corrected chi connectivity index (χ4v) is 3.27. The Kier molecular flexibility index (Phi) is 5.44. The standard InChI is InChI=1S/C22H20ClN5O/c1-15-13-28(14-25-15)20-7-6-18(12-21(20)29-2)26-22-24-9-8-19(27-22)11-16-4-3-5-17(23)10-16/h3-10,12-14H,11H2,1-2H3,(H,24,26,27). The monoisotopic (exact) mass is 405 g/mol. The number of rotatable bonds is 6. The highest BCUT2D eigenvalue weighted by molar-refractivity contribution is 6.30. The fraction of sp³-hybridized carbons (Fsp3) is 0.136. The number of anilines is 2. The van der Waals surface area contributed by atoms with Crippen molar-refractivity contribution in [2.75, 3.05) is 12.4 Å². The van der Waals surface area contributed by atoms with Crippen LogP contribution in [-0.2, 0) is 6.42 Å². The van der Waals surface area contributed by atoms with Crippen LogP contribution in [0.15, 0.2) is 67.3 Å². The predicted molar refractivity (Wildman–Crippen MR) is 114 cm³/mol. The molecule has 2 heterocycles. The number of halogens is 1. The normalized spacial score (nSPS) is 10.7. The van der Waals surface area contributed by atoms with Crippen LogP contribution in [-0.4, -0.2) is 26.6 Å². The van der Waals surface area contributed by atoms with Gasteiger partial charge in [-0.25, -0.2) is 15.0 Å². The van der Waals surface area contributed by atoms with Gasteiger partial charge < -0.3 is 14.6 Å². The van der Waals surface area contributed by atoms with Crippen molar-refractivity contribution in [2.45, 2.75) is 13.3 Å². The zero-order valence-electron chi connectivity index (χ0n) is 16.1. The second kappa shape index (κ2) is 8.32. The molecule has 0 radical (unpaired) electrons. The molecule has 0 unspecified atom stereocenters. The third kappa shape index (κ3) is 4.55. The number of aryl methyl sites for hydroxylation is 1. The van der Waals surface area contributed by atoms with E-state index in [4.69, 9.17) is 16.3 Å². The van der Waals surface area contributed by atoms with Crippen molar-refractivity contribution < 1.29 is 4.74 Å². The van der Waals surface area contributed by atoms with Gasteiger partial charge in [-0.3, -0.25) is 0 Å². The number of benzene rings is 2. The minimum absolute atomic E-state index is 0.526. The summed E-state index contributed by atoms with van der Waals surface area (Å²) in [5.41, 5.74) is 4.70. The van der Waals surface area contributed by atoms with Gasteiger partial charge in [-0.05, 0) is 42.8 Å². The van der Waals surface area contributed by atoms with E-state index in [-0.39, 0.29) is 0 Å². The van der Waals surface area contributed by atoms with Crippen molar-refractivity contribution in [1.82, 2.24) is 19.5 Å². The third-order valence-electron chi connectivity index (χ3n) is 4.41. The van der Waals surface area contributed by atoms with Crippen molar-refractivity contribution in [3.05, 3.63) is 89.2 Å². The van der Waals surface area contributed by atoms with Gasteiger partial charge in [-0.2, -0.15) is 0 Å². The molecule has 0 fully saturated rings. The topological polar surface area (TPSA) is 64.9 Å². The molecule has 0 amide bonds. The largest absolute Gasteiger partial charge is 0.494 e. The Hall–Kier alpha value is -3.38. The molecule has 6 nitrogen and oxygen atoms in total. The molecule has 0 aliphatic rings. The average molecular weight is 406 g/mol. The first-order valence-electron chi connectivity index (χ1n) is 9.13. The summed E-state index contributed by atoms with van der Waals surface area (Å²) < 4.78 is 7.49. The predicted octanol–water partition coefficient (Wildman–Crippen LogP) is 4.97. The molecule has 2 aromatic carbocycles. The number of ether oxygens (including phenoxy) is 1. The van der Waals surface area contributed by atoms with Gasteiger partial charge in [0, 0.05) is 35.6 Å². The highest BCUT2D eigenvalue weighted by atomic mass is 35.5. The van der Waals surface area contributed by atoms with Crippen LogP contribution < -0.4 is 10.1 Å². The second-order valence-corrected chi connectivity index (χ2v) is 7.05. The van der Waals surface area contributed by atoms with E-state index in [0.29, 0.717) is 12.4 Å². The van der Waals surface area contributed by atoms with Gasteiger partial charge in [0.1, 0.15) is 5.75 Å². The number of nitrogens with zero attached hydrogens (tertiary/aromatic N) is 4. The summed E-state index contributed by atoms with van der Waals surface area (Å²) in [5, 5.41) is 3.96. The maximum atomic E-state index is 6.07. The van der Waals surface area contributed by atoms with E-state index >= 15 is 0 Å². The highest BCUT2D eigenvalue weighted by Crippen LogP contribution is 2.28. The summed E-state index contributed by atoms with van der Waals surface area (Å²) in [5.74, 6) is 1.25. The molecule has 4 aromatic rings. The second-order valence-electron chi connectivity index (χ2n) is 6.61. The quantitative estimate of drug-likeness (QED) is 0.490. The molecule has 0 spiro atoms. The van der Waals surface area contributed by atoms with Crippen LogP contribution in [0.1, 0.15) is 17.0 Å². The Balaban J connectivity index is 1.54. The first-order valence-corrected chi connectivity index (χ1v) is 9.51. The molecule has 0 atom stereocenters. The lowest BCUT2D eigenvalue weighted by Crippen LogP contribution is -2.02. The van der Waals surface area contributed by atoms with E-state index in [2.05, 4.69) is 20.3 Å². The van der Waals surface area contributed by atoms with Crippen molar-refractivity contribution in [3.8, 4) is 11.4 Å². The van der Waals surface area contributed by atoms with E-state index in [9.17, 15) is 0 Å². The van der Waals surface area contributed by atoms with E-state index in [1.807, 2.05) is 66.2 Å². The highest BCUT2D eigenvalue weighted by Gasteiger charge is 2.09. The Morgan fingerprint density at radius 3 is 2.76 bits per heavy atom. The number of hydrogen-bond acceptors (Lipinski definition) is 5. The SMILES string of the molecule is COc1cc(Nc2nccc(Cc3cccc(Cl)c3)n2)ccc1-n1cnc(C)c1. The minimum Gasteiger partial charge on any atom is -0.494 e. The Labute approximate surface area is 174 Å². The van der Waals surface area contributed by atoms with Crippen molar-refractivity contribution in [2.24, 2.45) is 0 Å². The lowest BCUT2D eigenvalue weighted by molar-refractivity contribution is 0.413. The third-order valence-corrected chi connectivity index (χ3v) is 4.65. The van der Waals surface area contributed by atoms with Crippen LogP contribution in [0, 0.1) is 6.92 Å². The average Bonchev–Trinajstić information content (AvgIpc) is 3.14. The van der Waals surface area contributed by atoms with Crippen LogP contribution in [0.4, 0.5) is 11.6 Å². The number of nitrogens with one attached hydrogen (secondary N) is 1. The van der Waals surface area contributed by atoms with Crippen LogP contribution >= 0.6 is 11.6 Å². The van der Waals surface area contributed by atoms with E-state index in [1.54, 1.807) is 19.6 Å². The van der Waals surface area contributed by atoms with Crippen LogP contribution in [0.25, 0.3) is 5.69 Å². The molecule has 7 heteroatoms. The first-order chi connectivity index (χ1) is 14.1. The molecule has 0 aliphatic carbocycles. The molecule has 0 bridgehead atoms. The number of aromatic nitrogens is 4. The number of imidazole rings is 1. The van der Waals surface area contributed by atoms with Gasteiger partial charge in [0.15, 0.2) is 0 Å². The maximum Gasteiger partial charge on any atom is 0.227 e. The molecule has 0 saturated heterocycles. The van der Waals surface area contributed by atoms with Gasteiger partial charge >= 0.3 is 0 Å². The van der Waals surface area contributed by atoms with E-state index in [1.165, 1.54) is 0 Å². The van der Waals surface area contributed by atoms with E-state index in [0.717, 1.165) is 39.1 Å². The van der Waals surface area contributed by atoms with Crippen LogP contribution in [0.2, 0.25) is 5.02 Å². The summed E-state index contributed by atoms with van der Waals surface area (Å²) in [6.07, 6.45) is 6.14. The van der Waals surface area contributed by atoms with Crippen molar-refractivity contribution in [3.63, 3.8) is 0 Å². The van der Waals surface area contributed by atoms with Gasteiger partial charge in [-0.1, -0.05) is 23.7 Å². The molecule has 4 rings (SSSR count). The lowest BCUT2D eigenvalue weighted by atomic mass is 10.1. The van der Waals surface area contributed by atoms with E-state index < -0.39 is 0 Å². The lowest BCUT2D eigenvalue weighted by Gasteiger charge is -2.12. The first kappa shape index (κ1) is 19.0.